The number of sulfone groups is 1. The molecule has 2 rings (SSSR count). The Hall–Kier alpha value is -2.19. The lowest BCUT2D eigenvalue weighted by Gasteiger charge is -2.05. The first kappa shape index (κ1) is 13.2. The van der Waals surface area contributed by atoms with E-state index in [1.807, 2.05) is 6.07 Å². The zero-order valence-electron chi connectivity index (χ0n) is 9.88. The minimum absolute atomic E-state index is 0.0446. The Kier molecular flexibility index (Phi) is 3.63. The Morgan fingerprint density at radius 1 is 1.11 bits per heavy atom. The molecule has 0 N–H and O–H groups in total. The van der Waals surface area contributed by atoms with Crippen LogP contribution in [0.15, 0.2) is 53.4 Å². The lowest BCUT2D eigenvalue weighted by molar-refractivity contribution is 0.590. The maximum Gasteiger partial charge on any atom is 0.182 e. The van der Waals surface area contributed by atoms with Crippen molar-refractivity contribution in [2.24, 2.45) is 0 Å². The third-order valence-corrected chi connectivity index (χ3v) is 4.28. The Labute approximate surface area is 110 Å². The van der Waals surface area contributed by atoms with Gasteiger partial charge in [-0.15, -0.1) is 0 Å². The van der Waals surface area contributed by atoms with Crippen LogP contribution in [-0.4, -0.2) is 8.42 Å². The fraction of sp³-hybridized carbons (Fsp3) is 0.0714. The molecule has 0 fully saturated rings. The molecule has 0 aromatic heterocycles. The van der Waals surface area contributed by atoms with Crippen molar-refractivity contribution in [3.8, 4) is 6.07 Å². The van der Waals surface area contributed by atoms with Crippen LogP contribution in [0.3, 0.4) is 0 Å². The predicted octanol–water partition coefficient (Wildman–Crippen LogP) is 2.67. The van der Waals surface area contributed by atoms with E-state index in [1.165, 1.54) is 18.2 Å². The molecule has 0 atom stereocenters. The summed E-state index contributed by atoms with van der Waals surface area (Å²) < 4.78 is 37.2. The van der Waals surface area contributed by atoms with Gasteiger partial charge in [0.15, 0.2) is 9.84 Å². The van der Waals surface area contributed by atoms with E-state index in [9.17, 15) is 12.8 Å². The molecule has 5 heteroatoms. The first-order chi connectivity index (χ1) is 9.01. The molecule has 0 aliphatic heterocycles. The molecule has 0 saturated heterocycles. The molecule has 3 nitrogen and oxygen atoms in total. The average molecular weight is 275 g/mol. The van der Waals surface area contributed by atoms with Gasteiger partial charge in [-0.25, -0.2) is 12.8 Å². The predicted molar refractivity (Wildman–Crippen MR) is 68.4 cm³/mol. The van der Waals surface area contributed by atoms with Gasteiger partial charge in [-0.2, -0.15) is 5.26 Å². The molecule has 96 valence electrons. The van der Waals surface area contributed by atoms with E-state index in [1.54, 1.807) is 24.3 Å². The largest absolute Gasteiger partial charge is 0.223 e. The zero-order valence-corrected chi connectivity index (χ0v) is 10.7. The van der Waals surface area contributed by atoms with Gasteiger partial charge in [-0.1, -0.05) is 18.2 Å². The fourth-order valence-corrected chi connectivity index (χ4v) is 3.01. The normalized spacial score (nSPS) is 10.9. The summed E-state index contributed by atoms with van der Waals surface area (Å²) in [5.74, 6) is -0.803. The van der Waals surface area contributed by atoms with E-state index >= 15 is 0 Å². The number of hydrogen-bond donors (Lipinski definition) is 0. The smallest absolute Gasteiger partial charge is 0.182 e. The number of hydrogen-bond acceptors (Lipinski definition) is 3. The summed E-state index contributed by atoms with van der Waals surface area (Å²) in [6.07, 6.45) is 0. The van der Waals surface area contributed by atoms with Gasteiger partial charge in [0.05, 0.1) is 22.3 Å². The second-order valence-corrected chi connectivity index (χ2v) is 6.01. The second kappa shape index (κ2) is 5.21. The number of rotatable bonds is 3. The maximum absolute atomic E-state index is 13.0. The molecule has 19 heavy (non-hydrogen) atoms. The molecule has 0 saturated carbocycles. The van der Waals surface area contributed by atoms with Gasteiger partial charge in [0.25, 0.3) is 0 Å². The first-order valence-electron chi connectivity index (χ1n) is 5.49. The van der Waals surface area contributed by atoms with Gasteiger partial charge in [0.2, 0.25) is 0 Å². The SMILES string of the molecule is N#Cc1ccc(CS(=O)(=O)c2cccc(F)c2)cc1. The van der Waals surface area contributed by atoms with E-state index in [2.05, 4.69) is 0 Å². The number of nitrogens with zero attached hydrogens (tertiary/aromatic N) is 1. The van der Waals surface area contributed by atoms with Crippen molar-refractivity contribution < 1.29 is 12.8 Å². The van der Waals surface area contributed by atoms with Crippen LogP contribution in [0.25, 0.3) is 0 Å². The third kappa shape index (κ3) is 3.18. The van der Waals surface area contributed by atoms with Crippen molar-refractivity contribution >= 4 is 9.84 Å². The van der Waals surface area contributed by atoms with E-state index in [0.29, 0.717) is 11.1 Å². The molecule has 0 heterocycles. The minimum atomic E-state index is -3.58. The topological polar surface area (TPSA) is 57.9 Å². The summed E-state index contributed by atoms with van der Waals surface area (Å²) in [5, 5.41) is 8.66. The van der Waals surface area contributed by atoms with E-state index in [-0.39, 0.29) is 10.6 Å². The van der Waals surface area contributed by atoms with Gasteiger partial charge in [0, 0.05) is 0 Å². The van der Waals surface area contributed by atoms with Crippen LogP contribution in [0.1, 0.15) is 11.1 Å². The molecule has 0 radical (unpaired) electrons. The lowest BCUT2D eigenvalue weighted by atomic mass is 10.2. The van der Waals surface area contributed by atoms with Crippen molar-refractivity contribution in [2.75, 3.05) is 0 Å². The Morgan fingerprint density at radius 3 is 2.37 bits per heavy atom. The van der Waals surface area contributed by atoms with Crippen LogP contribution in [-0.2, 0) is 15.6 Å². The lowest BCUT2D eigenvalue weighted by Crippen LogP contribution is -2.05. The molecule has 0 aliphatic carbocycles. The summed E-state index contributed by atoms with van der Waals surface area (Å²) in [7, 11) is -3.58. The molecule has 0 spiro atoms. The third-order valence-electron chi connectivity index (χ3n) is 2.59. The van der Waals surface area contributed by atoms with Crippen LogP contribution in [0.2, 0.25) is 0 Å². The Balaban J connectivity index is 2.28. The molecule has 0 bridgehead atoms. The highest BCUT2D eigenvalue weighted by molar-refractivity contribution is 7.90. The van der Waals surface area contributed by atoms with Crippen LogP contribution < -0.4 is 0 Å². The molecule has 2 aromatic carbocycles. The average Bonchev–Trinajstić information content (AvgIpc) is 2.39. The molecular formula is C14H10FNO2S. The highest BCUT2D eigenvalue weighted by Crippen LogP contribution is 2.17. The monoisotopic (exact) mass is 275 g/mol. The highest BCUT2D eigenvalue weighted by atomic mass is 32.2. The van der Waals surface area contributed by atoms with Crippen LogP contribution in [0.5, 0.6) is 0 Å². The number of benzene rings is 2. The van der Waals surface area contributed by atoms with E-state index in [0.717, 1.165) is 6.07 Å². The van der Waals surface area contributed by atoms with E-state index in [4.69, 9.17) is 5.26 Å². The summed E-state index contributed by atoms with van der Waals surface area (Å²) in [6.45, 7) is 0. The summed E-state index contributed by atoms with van der Waals surface area (Å²) >= 11 is 0. The maximum atomic E-state index is 13.0. The quantitative estimate of drug-likeness (QED) is 0.865. The van der Waals surface area contributed by atoms with Crippen LogP contribution in [0.4, 0.5) is 4.39 Å². The zero-order chi connectivity index (χ0) is 13.9. The van der Waals surface area contributed by atoms with Gasteiger partial charge in [-0.3, -0.25) is 0 Å². The number of nitriles is 1. The molecule has 0 amide bonds. The van der Waals surface area contributed by atoms with Gasteiger partial charge in [-0.05, 0) is 35.9 Å². The molecular weight excluding hydrogens is 265 g/mol. The Bertz CT molecular complexity index is 731. The van der Waals surface area contributed by atoms with E-state index < -0.39 is 15.7 Å². The first-order valence-corrected chi connectivity index (χ1v) is 7.14. The van der Waals surface area contributed by atoms with Crippen molar-refractivity contribution in [1.82, 2.24) is 0 Å². The van der Waals surface area contributed by atoms with Crippen molar-refractivity contribution in [3.05, 3.63) is 65.5 Å². The van der Waals surface area contributed by atoms with Gasteiger partial charge < -0.3 is 0 Å². The van der Waals surface area contributed by atoms with Crippen molar-refractivity contribution in [3.63, 3.8) is 0 Å². The van der Waals surface area contributed by atoms with Crippen molar-refractivity contribution in [2.45, 2.75) is 10.6 Å². The highest BCUT2D eigenvalue weighted by Gasteiger charge is 2.15. The Morgan fingerprint density at radius 2 is 1.79 bits per heavy atom. The summed E-state index contributed by atoms with van der Waals surface area (Å²) in [5.41, 5.74) is 1.02. The summed E-state index contributed by atoms with van der Waals surface area (Å²) in [4.78, 5) is -0.0446. The number of halogens is 1. The molecule has 0 unspecified atom stereocenters. The van der Waals surface area contributed by atoms with Crippen molar-refractivity contribution in [1.29, 1.82) is 5.26 Å². The molecule has 0 aliphatic rings. The summed E-state index contributed by atoms with van der Waals surface area (Å²) in [6, 6.07) is 13.1. The minimum Gasteiger partial charge on any atom is -0.223 e. The van der Waals surface area contributed by atoms with Gasteiger partial charge >= 0.3 is 0 Å². The standard InChI is InChI=1S/C14H10FNO2S/c15-13-2-1-3-14(8-13)19(17,18)10-12-6-4-11(9-16)5-7-12/h1-8H,10H2. The molecule has 2 aromatic rings. The fourth-order valence-electron chi connectivity index (χ4n) is 1.64. The second-order valence-electron chi connectivity index (χ2n) is 4.03. The van der Waals surface area contributed by atoms with Gasteiger partial charge in [0.1, 0.15) is 5.82 Å². The van der Waals surface area contributed by atoms with Crippen LogP contribution >= 0.6 is 0 Å². The van der Waals surface area contributed by atoms with Crippen LogP contribution in [0, 0.1) is 17.1 Å².